The van der Waals surface area contributed by atoms with E-state index in [-0.39, 0.29) is 40.2 Å². The Bertz CT molecular complexity index is 15.0. The molecule has 0 saturated heterocycles. The molecule has 0 aliphatic heterocycles. The standard InChI is InChI=1S/2C2H5.Bi.BrH/c2*1-2;;/h2*1H2,2H3;;1H. The molecule has 0 aliphatic carbocycles. The number of hydrogen-bond donors (Lipinski definition) is 0. The van der Waals surface area contributed by atoms with Gasteiger partial charge in [0.15, 0.2) is 0 Å². The molecule has 0 spiro atoms. The van der Waals surface area contributed by atoms with Crippen molar-refractivity contribution in [3.63, 3.8) is 0 Å². The van der Waals surface area contributed by atoms with E-state index in [1.165, 1.54) is 8.26 Å². The van der Waals surface area contributed by atoms with Crippen LogP contribution in [0.3, 0.4) is 0 Å². The van der Waals surface area contributed by atoms with Gasteiger partial charge in [0.1, 0.15) is 0 Å². The molecule has 0 rings (SSSR count). The maximum absolute atomic E-state index is 2.29. The van der Waals surface area contributed by atoms with Crippen molar-refractivity contribution in [1.82, 2.24) is 0 Å². The Morgan fingerprint density at radius 2 is 1.50 bits per heavy atom. The predicted octanol–water partition coefficient (Wildman–Crippen LogP) is 2.14. The van der Waals surface area contributed by atoms with Gasteiger partial charge >= 0.3 is 45.3 Å². The fourth-order valence-electron chi connectivity index (χ4n) is 0.224. The summed E-state index contributed by atoms with van der Waals surface area (Å²) >= 11 is 0.145. The minimum absolute atomic E-state index is 0. The van der Waals surface area contributed by atoms with Crippen LogP contribution in [0.2, 0.25) is 8.26 Å². The summed E-state index contributed by atoms with van der Waals surface area (Å²) in [6.45, 7) is 4.58. The van der Waals surface area contributed by atoms with Gasteiger partial charge in [-0.15, -0.1) is 17.0 Å². The van der Waals surface area contributed by atoms with Crippen molar-refractivity contribution in [2.75, 3.05) is 0 Å². The van der Waals surface area contributed by atoms with E-state index >= 15 is 0 Å². The van der Waals surface area contributed by atoms with Crippen molar-refractivity contribution in [2.45, 2.75) is 22.1 Å². The average Bonchev–Trinajstić information content (AvgIpc) is 1.41. The summed E-state index contributed by atoms with van der Waals surface area (Å²) in [5.74, 6) is 0. The van der Waals surface area contributed by atoms with Gasteiger partial charge in [-0.1, -0.05) is 0 Å². The van der Waals surface area contributed by atoms with Crippen molar-refractivity contribution in [3.8, 4) is 0 Å². The van der Waals surface area contributed by atoms with Crippen LogP contribution in [0.4, 0.5) is 0 Å². The second-order valence-corrected chi connectivity index (χ2v) is 7.51. The van der Waals surface area contributed by atoms with Crippen molar-refractivity contribution >= 4 is 40.2 Å². The van der Waals surface area contributed by atoms with Gasteiger partial charge in [-0.05, 0) is 0 Å². The van der Waals surface area contributed by atoms with Crippen molar-refractivity contribution in [1.29, 1.82) is 0 Å². The molecule has 0 aromatic carbocycles. The molecule has 0 heterocycles. The molecular weight excluding hydrogens is 337 g/mol. The van der Waals surface area contributed by atoms with Crippen LogP contribution < -0.4 is 0 Å². The van der Waals surface area contributed by atoms with Crippen molar-refractivity contribution in [3.05, 3.63) is 0 Å². The third-order valence-electron chi connectivity index (χ3n) is 0.447. The van der Waals surface area contributed by atoms with E-state index in [9.17, 15) is 0 Å². The van der Waals surface area contributed by atoms with Gasteiger partial charge < -0.3 is 0 Å². The molecule has 0 fully saturated rings. The molecule has 0 bridgehead atoms. The monoisotopic (exact) mass is 347 g/mol. The van der Waals surface area contributed by atoms with Crippen LogP contribution in [0.1, 0.15) is 13.8 Å². The SMILES string of the molecule is Br.C[CH2][Bi][CH2]C. The summed E-state index contributed by atoms with van der Waals surface area (Å²) in [6, 6.07) is 0. The quantitative estimate of drug-likeness (QED) is 0.671. The third kappa shape index (κ3) is 9.03. The summed E-state index contributed by atoms with van der Waals surface area (Å²) in [7, 11) is 0. The molecule has 0 N–H and O–H groups in total. The van der Waals surface area contributed by atoms with Crippen molar-refractivity contribution in [2.24, 2.45) is 0 Å². The van der Waals surface area contributed by atoms with Gasteiger partial charge in [-0.3, -0.25) is 0 Å². The van der Waals surface area contributed by atoms with E-state index in [0.717, 1.165) is 0 Å². The van der Waals surface area contributed by atoms with Crippen LogP contribution in [0, 0.1) is 0 Å². The molecule has 1 radical (unpaired) electrons. The Kier molecular flexibility index (Phi) is 16.6. The molecule has 0 aliphatic rings. The van der Waals surface area contributed by atoms with Crippen LogP contribution >= 0.6 is 17.0 Å². The Labute approximate surface area is 62.0 Å². The molecule has 0 aromatic rings. The number of halogens is 1. The van der Waals surface area contributed by atoms with Gasteiger partial charge in [-0.2, -0.15) is 0 Å². The van der Waals surface area contributed by atoms with Crippen molar-refractivity contribution < 1.29 is 0 Å². The van der Waals surface area contributed by atoms with Crippen LogP contribution in [-0.4, -0.2) is 23.2 Å². The molecule has 2 heteroatoms. The number of rotatable bonds is 2. The van der Waals surface area contributed by atoms with Gasteiger partial charge in [0.25, 0.3) is 0 Å². The molecule has 0 nitrogen and oxygen atoms in total. The maximum atomic E-state index is 2.29. The molecule has 0 aromatic heterocycles. The zero-order valence-corrected chi connectivity index (χ0v) is 9.46. The van der Waals surface area contributed by atoms with E-state index in [2.05, 4.69) is 13.8 Å². The Balaban J connectivity index is 0. The molecule has 0 saturated carbocycles. The van der Waals surface area contributed by atoms with Gasteiger partial charge in [0.05, 0.1) is 0 Å². The zero-order valence-electron chi connectivity index (χ0n) is 4.27. The second-order valence-electron chi connectivity index (χ2n) is 0.856. The molecule has 39 valence electrons. The fraction of sp³-hybridized carbons (Fsp3) is 1.00. The first-order valence-corrected chi connectivity index (χ1v) is 6.96. The van der Waals surface area contributed by atoms with E-state index < -0.39 is 0 Å². The zero-order chi connectivity index (χ0) is 4.12. The van der Waals surface area contributed by atoms with Crippen LogP contribution in [0.25, 0.3) is 0 Å². The summed E-state index contributed by atoms with van der Waals surface area (Å²) in [5, 5.41) is 0. The first-order valence-electron chi connectivity index (χ1n) is 2.05. The normalized spacial score (nSPS) is 7.00. The predicted molar refractivity (Wildman–Crippen MR) is 37.0 cm³/mol. The molecule has 0 atom stereocenters. The third-order valence-corrected chi connectivity index (χ3v) is 3.92. The van der Waals surface area contributed by atoms with Gasteiger partial charge in [0, 0.05) is 0 Å². The van der Waals surface area contributed by atoms with Crippen LogP contribution in [0.15, 0.2) is 0 Å². The second kappa shape index (κ2) is 9.61. The molecule has 6 heavy (non-hydrogen) atoms. The average molecular weight is 348 g/mol. The summed E-state index contributed by atoms with van der Waals surface area (Å²) in [4.78, 5) is 0. The first-order chi connectivity index (χ1) is 2.41. The summed E-state index contributed by atoms with van der Waals surface area (Å²) in [6.07, 6.45) is 0. The van der Waals surface area contributed by atoms with Crippen LogP contribution in [0.5, 0.6) is 0 Å². The van der Waals surface area contributed by atoms with Gasteiger partial charge in [0.2, 0.25) is 0 Å². The molecular formula is C4H11BiBr. The van der Waals surface area contributed by atoms with E-state index in [0.29, 0.717) is 0 Å². The fourth-order valence-corrected chi connectivity index (χ4v) is 1.96. The minimum atomic E-state index is 0. The molecule has 0 amide bonds. The first kappa shape index (κ1) is 10.4. The molecule has 0 unspecified atom stereocenters. The Morgan fingerprint density at radius 3 is 1.50 bits per heavy atom. The summed E-state index contributed by atoms with van der Waals surface area (Å²) < 4.78 is 3.05. The topological polar surface area (TPSA) is 0 Å². The summed E-state index contributed by atoms with van der Waals surface area (Å²) in [5.41, 5.74) is 0. The Hall–Kier alpha value is 1.36. The van der Waals surface area contributed by atoms with E-state index in [1.54, 1.807) is 0 Å². The van der Waals surface area contributed by atoms with Gasteiger partial charge in [-0.25, -0.2) is 0 Å². The van der Waals surface area contributed by atoms with Crippen LogP contribution in [-0.2, 0) is 0 Å². The Morgan fingerprint density at radius 1 is 1.17 bits per heavy atom. The van der Waals surface area contributed by atoms with E-state index in [1.807, 2.05) is 0 Å². The van der Waals surface area contributed by atoms with E-state index in [4.69, 9.17) is 0 Å². The number of hydrogen-bond acceptors (Lipinski definition) is 0.